The van der Waals surface area contributed by atoms with E-state index in [9.17, 15) is 0 Å². The summed E-state index contributed by atoms with van der Waals surface area (Å²) in [6.07, 6.45) is 1.30. The van der Waals surface area contributed by atoms with Crippen molar-refractivity contribution in [3.8, 4) is 5.75 Å². The zero-order valence-electron chi connectivity index (χ0n) is 7.42. The van der Waals surface area contributed by atoms with Crippen molar-refractivity contribution in [2.24, 2.45) is 5.92 Å². The lowest BCUT2D eigenvalue weighted by atomic mass is 10.2. The summed E-state index contributed by atoms with van der Waals surface area (Å²) in [5.74, 6) is 0.770. The van der Waals surface area contributed by atoms with Gasteiger partial charge in [0.1, 0.15) is 6.33 Å². The number of aromatic nitrogens is 2. The Bertz CT molecular complexity index is 271. The molecule has 0 unspecified atom stereocenters. The van der Waals surface area contributed by atoms with Crippen LogP contribution in [0.5, 0.6) is 5.75 Å². The molecule has 3 nitrogen and oxygen atoms in total. The zero-order valence-corrected chi connectivity index (χ0v) is 8.93. The molecule has 1 rings (SSSR count). The second kappa shape index (κ2) is 4.63. The highest BCUT2D eigenvalue weighted by Crippen LogP contribution is 2.28. The van der Waals surface area contributed by atoms with E-state index in [4.69, 9.17) is 27.9 Å². The summed E-state index contributed by atoms with van der Waals surface area (Å²) in [7, 11) is 0. The Morgan fingerprint density at radius 1 is 1.31 bits per heavy atom. The van der Waals surface area contributed by atoms with Crippen LogP contribution in [0.3, 0.4) is 0 Å². The maximum absolute atomic E-state index is 5.75. The third kappa shape index (κ3) is 3.01. The van der Waals surface area contributed by atoms with Gasteiger partial charge in [-0.15, -0.1) is 0 Å². The molecule has 0 aromatic carbocycles. The Morgan fingerprint density at radius 3 is 2.31 bits per heavy atom. The van der Waals surface area contributed by atoms with Crippen LogP contribution in [-0.2, 0) is 0 Å². The topological polar surface area (TPSA) is 35.0 Å². The van der Waals surface area contributed by atoms with Gasteiger partial charge in [-0.05, 0) is 5.92 Å². The van der Waals surface area contributed by atoms with Gasteiger partial charge in [0.05, 0.1) is 6.61 Å². The van der Waals surface area contributed by atoms with Crippen molar-refractivity contribution >= 4 is 23.2 Å². The Morgan fingerprint density at radius 2 is 1.85 bits per heavy atom. The van der Waals surface area contributed by atoms with Gasteiger partial charge in [0.25, 0.3) is 0 Å². The van der Waals surface area contributed by atoms with E-state index in [1.54, 1.807) is 0 Å². The smallest absolute Gasteiger partial charge is 0.194 e. The molecule has 0 spiro atoms. The second-order valence-electron chi connectivity index (χ2n) is 2.99. The number of halogens is 2. The van der Waals surface area contributed by atoms with Gasteiger partial charge >= 0.3 is 0 Å². The Labute approximate surface area is 87.1 Å². The van der Waals surface area contributed by atoms with E-state index in [-0.39, 0.29) is 10.3 Å². The molecule has 1 heterocycles. The van der Waals surface area contributed by atoms with E-state index < -0.39 is 0 Å². The predicted octanol–water partition coefficient (Wildman–Crippen LogP) is 2.82. The van der Waals surface area contributed by atoms with Crippen LogP contribution in [0.15, 0.2) is 6.33 Å². The molecule has 0 aliphatic heterocycles. The summed E-state index contributed by atoms with van der Waals surface area (Å²) >= 11 is 11.5. The summed E-state index contributed by atoms with van der Waals surface area (Å²) in [4.78, 5) is 7.53. The molecule has 1 aromatic heterocycles. The fourth-order valence-electron chi connectivity index (χ4n) is 0.702. The maximum Gasteiger partial charge on any atom is 0.194 e. The van der Waals surface area contributed by atoms with Gasteiger partial charge < -0.3 is 4.74 Å². The standard InChI is InChI=1S/C8H10Cl2N2O/c1-5(2)3-13-6-7(9)11-4-12-8(6)10/h4-5H,3H2,1-2H3. The first kappa shape index (κ1) is 10.5. The number of hydrogen-bond donors (Lipinski definition) is 0. The van der Waals surface area contributed by atoms with Crippen LogP contribution in [0.2, 0.25) is 10.3 Å². The van der Waals surface area contributed by atoms with Gasteiger partial charge in [0, 0.05) is 0 Å². The van der Waals surface area contributed by atoms with Crippen molar-refractivity contribution in [3.05, 3.63) is 16.6 Å². The van der Waals surface area contributed by atoms with Gasteiger partial charge in [-0.25, -0.2) is 9.97 Å². The average molecular weight is 221 g/mol. The van der Waals surface area contributed by atoms with Crippen molar-refractivity contribution in [2.75, 3.05) is 6.61 Å². The molecule has 0 aliphatic carbocycles. The van der Waals surface area contributed by atoms with Crippen LogP contribution < -0.4 is 4.74 Å². The van der Waals surface area contributed by atoms with Crippen LogP contribution in [-0.4, -0.2) is 16.6 Å². The summed E-state index contributed by atoms with van der Waals surface area (Å²) in [5.41, 5.74) is 0. The van der Waals surface area contributed by atoms with E-state index in [0.717, 1.165) is 0 Å². The molecule has 0 saturated heterocycles. The van der Waals surface area contributed by atoms with E-state index >= 15 is 0 Å². The van der Waals surface area contributed by atoms with E-state index in [0.29, 0.717) is 18.3 Å². The molecule has 0 aliphatic rings. The minimum Gasteiger partial charge on any atom is -0.487 e. The molecule has 0 saturated carbocycles. The van der Waals surface area contributed by atoms with Crippen molar-refractivity contribution in [1.82, 2.24) is 9.97 Å². The molecular weight excluding hydrogens is 211 g/mol. The van der Waals surface area contributed by atoms with Gasteiger partial charge in [0.2, 0.25) is 0 Å². The van der Waals surface area contributed by atoms with Crippen molar-refractivity contribution in [3.63, 3.8) is 0 Å². The van der Waals surface area contributed by atoms with E-state index in [1.165, 1.54) is 6.33 Å². The van der Waals surface area contributed by atoms with Crippen LogP contribution in [0.25, 0.3) is 0 Å². The first-order valence-electron chi connectivity index (χ1n) is 3.90. The Kier molecular flexibility index (Phi) is 3.75. The normalized spacial score (nSPS) is 10.5. The maximum atomic E-state index is 5.75. The molecular formula is C8H10Cl2N2O. The monoisotopic (exact) mass is 220 g/mol. The third-order valence-corrected chi connectivity index (χ3v) is 1.82. The molecule has 1 aromatic rings. The van der Waals surface area contributed by atoms with Crippen LogP contribution in [0.1, 0.15) is 13.8 Å². The molecule has 0 radical (unpaired) electrons. The third-order valence-electron chi connectivity index (χ3n) is 1.28. The van der Waals surface area contributed by atoms with Gasteiger partial charge in [-0.1, -0.05) is 37.0 Å². The molecule has 72 valence electrons. The molecule has 0 bridgehead atoms. The van der Waals surface area contributed by atoms with Gasteiger partial charge in [0.15, 0.2) is 16.1 Å². The average Bonchev–Trinajstić information content (AvgIpc) is 2.03. The van der Waals surface area contributed by atoms with Gasteiger partial charge in [-0.3, -0.25) is 0 Å². The molecule has 0 amide bonds. The first-order valence-corrected chi connectivity index (χ1v) is 4.65. The zero-order chi connectivity index (χ0) is 9.84. The van der Waals surface area contributed by atoms with Crippen molar-refractivity contribution < 1.29 is 4.74 Å². The number of hydrogen-bond acceptors (Lipinski definition) is 3. The Hall–Kier alpha value is -0.540. The van der Waals surface area contributed by atoms with Crippen LogP contribution >= 0.6 is 23.2 Å². The lowest BCUT2D eigenvalue weighted by Crippen LogP contribution is -2.06. The first-order chi connectivity index (χ1) is 6.11. The van der Waals surface area contributed by atoms with Gasteiger partial charge in [-0.2, -0.15) is 0 Å². The number of rotatable bonds is 3. The lowest BCUT2D eigenvalue weighted by molar-refractivity contribution is 0.269. The molecule has 0 fully saturated rings. The minimum atomic E-state index is 0.251. The molecule has 0 N–H and O–H groups in total. The SMILES string of the molecule is CC(C)COc1c(Cl)ncnc1Cl. The Balaban J connectivity index is 2.75. The lowest BCUT2D eigenvalue weighted by Gasteiger charge is -2.09. The molecule has 13 heavy (non-hydrogen) atoms. The summed E-state index contributed by atoms with van der Waals surface area (Å²) in [6, 6.07) is 0. The molecule has 5 heteroatoms. The quantitative estimate of drug-likeness (QED) is 0.736. The largest absolute Gasteiger partial charge is 0.487 e. The molecule has 0 atom stereocenters. The second-order valence-corrected chi connectivity index (χ2v) is 3.71. The van der Waals surface area contributed by atoms with Crippen molar-refractivity contribution in [1.29, 1.82) is 0 Å². The highest BCUT2D eigenvalue weighted by molar-refractivity contribution is 6.35. The summed E-state index contributed by atoms with van der Waals surface area (Å²) in [6.45, 7) is 4.62. The summed E-state index contributed by atoms with van der Waals surface area (Å²) < 4.78 is 5.34. The summed E-state index contributed by atoms with van der Waals surface area (Å²) in [5, 5.41) is 0.501. The number of ether oxygens (including phenoxy) is 1. The minimum absolute atomic E-state index is 0.251. The van der Waals surface area contributed by atoms with Crippen molar-refractivity contribution in [2.45, 2.75) is 13.8 Å². The van der Waals surface area contributed by atoms with E-state index in [2.05, 4.69) is 9.97 Å². The fraction of sp³-hybridized carbons (Fsp3) is 0.500. The van der Waals surface area contributed by atoms with Crippen LogP contribution in [0, 0.1) is 5.92 Å². The fourth-order valence-corrected chi connectivity index (χ4v) is 1.13. The number of nitrogens with zero attached hydrogens (tertiary/aromatic N) is 2. The highest BCUT2D eigenvalue weighted by atomic mass is 35.5. The van der Waals surface area contributed by atoms with E-state index in [1.807, 2.05) is 13.8 Å². The highest BCUT2D eigenvalue weighted by Gasteiger charge is 2.09. The predicted molar refractivity (Wildman–Crippen MR) is 52.4 cm³/mol. The van der Waals surface area contributed by atoms with Crippen LogP contribution in [0.4, 0.5) is 0 Å².